The Kier molecular flexibility index (Phi) is 1.81. The van der Waals surface area contributed by atoms with Crippen molar-refractivity contribution in [2.24, 2.45) is 0 Å². The van der Waals surface area contributed by atoms with Crippen LogP contribution < -0.4 is 0 Å². The lowest BCUT2D eigenvalue weighted by Gasteiger charge is -1.82. The summed E-state index contributed by atoms with van der Waals surface area (Å²) in [4.78, 5) is 0. The van der Waals surface area contributed by atoms with Crippen LogP contribution in [0.4, 0.5) is 0 Å². The van der Waals surface area contributed by atoms with Gasteiger partial charge in [0.25, 0.3) is 0 Å². The van der Waals surface area contributed by atoms with Gasteiger partial charge in [0.15, 0.2) is 15.4 Å². The van der Waals surface area contributed by atoms with Crippen LogP contribution in [0.5, 0.6) is 0 Å². The van der Waals surface area contributed by atoms with E-state index in [9.17, 15) is 0 Å². The lowest BCUT2D eigenvalue weighted by Crippen LogP contribution is -1.66. The molecule has 0 aliphatic heterocycles. The highest BCUT2D eigenvalue weighted by atomic mass is 127. The van der Waals surface area contributed by atoms with E-state index in [-0.39, 0.29) is 0 Å². The zero-order valence-electron chi connectivity index (χ0n) is 5.50. The number of fused-ring (bicyclic) bond motifs is 1. The summed E-state index contributed by atoms with van der Waals surface area (Å²) < 4.78 is 6.26. The molecule has 0 unspecified atom stereocenters. The molecule has 1 aromatic carbocycles. The van der Waals surface area contributed by atoms with Crippen LogP contribution in [-0.2, 0) is 0 Å². The van der Waals surface area contributed by atoms with Gasteiger partial charge in [-0.3, -0.25) is 0 Å². The second kappa shape index (κ2) is 2.68. The van der Waals surface area contributed by atoms with E-state index in [0.29, 0.717) is 0 Å². The Morgan fingerprint density at radius 1 is 1.27 bits per heavy atom. The van der Waals surface area contributed by atoms with Crippen molar-refractivity contribution in [1.29, 1.82) is 0 Å². The minimum atomic E-state index is 0.856. The molecule has 11 heavy (non-hydrogen) atoms. The molecule has 0 aliphatic rings. The summed E-state index contributed by atoms with van der Waals surface area (Å²) in [5.74, 6) is 0. The molecule has 2 aromatic rings. The SMILES string of the molecule is [ClH+]c1ccc2oc(I)cc2c1. The standard InChI is InChI=1S/C8H5ClIO/c9-6-1-2-7-5(3-6)4-8(10)11-7/h1-4,9H/q+1. The van der Waals surface area contributed by atoms with Gasteiger partial charge in [-0.2, -0.15) is 0 Å². The van der Waals surface area contributed by atoms with Crippen molar-refractivity contribution in [1.82, 2.24) is 0 Å². The van der Waals surface area contributed by atoms with Gasteiger partial charge in [0, 0.05) is 17.5 Å². The Morgan fingerprint density at radius 3 is 2.91 bits per heavy atom. The van der Waals surface area contributed by atoms with Crippen molar-refractivity contribution in [3.05, 3.63) is 33.1 Å². The maximum atomic E-state index is 5.36. The van der Waals surface area contributed by atoms with Gasteiger partial charge in [-0.05, 0) is 34.7 Å². The van der Waals surface area contributed by atoms with E-state index in [1.165, 1.54) is 0 Å². The molecule has 1 heterocycles. The molecule has 0 radical (unpaired) electrons. The van der Waals surface area contributed by atoms with Crippen LogP contribution >= 0.6 is 22.6 Å². The lowest BCUT2D eigenvalue weighted by atomic mass is 10.3. The second-order valence-electron chi connectivity index (χ2n) is 2.25. The molecular weight excluding hydrogens is 274 g/mol. The second-order valence-corrected chi connectivity index (χ2v) is 3.78. The van der Waals surface area contributed by atoms with Crippen molar-refractivity contribution in [3.8, 4) is 0 Å². The van der Waals surface area contributed by atoms with Crippen molar-refractivity contribution >= 4 is 33.6 Å². The molecule has 0 saturated carbocycles. The zero-order valence-corrected chi connectivity index (χ0v) is 8.48. The van der Waals surface area contributed by atoms with Gasteiger partial charge in [0.1, 0.15) is 5.58 Å². The molecule has 0 atom stereocenters. The molecule has 0 fully saturated rings. The number of hydrogen-bond donors (Lipinski definition) is 0. The average Bonchev–Trinajstić information content (AvgIpc) is 2.27. The van der Waals surface area contributed by atoms with Crippen LogP contribution in [0.2, 0.25) is 5.02 Å². The van der Waals surface area contributed by atoms with E-state index < -0.39 is 0 Å². The highest BCUT2D eigenvalue weighted by Gasteiger charge is 2.03. The van der Waals surface area contributed by atoms with Gasteiger partial charge in [-0.1, -0.05) is 0 Å². The lowest BCUT2D eigenvalue weighted by molar-refractivity contribution is -0.288. The molecule has 56 valence electrons. The van der Waals surface area contributed by atoms with E-state index in [0.717, 1.165) is 19.8 Å². The highest BCUT2D eigenvalue weighted by Crippen LogP contribution is 2.21. The summed E-state index contributed by atoms with van der Waals surface area (Å²) in [6.45, 7) is 0. The summed E-state index contributed by atoms with van der Waals surface area (Å²) in [6, 6.07) is 7.69. The first-order valence-corrected chi connectivity index (χ1v) is 4.60. The molecule has 1 aromatic heterocycles. The summed E-state index contributed by atoms with van der Waals surface area (Å²) in [5, 5.41) is 1.94. The van der Waals surface area contributed by atoms with Crippen molar-refractivity contribution < 1.29 is 16.0 Å². The van der Waals surface area contributed by atoms with E-state index in [2.05, 4.69) is 22.6 Å². The Bertz CT molecular complexity index is 394. The maximum absolute atomic E-state index is 5.36. The molecule has 1 nitrogen and oxygen atoms in total. The third-order valence-electron chi connectivity index (χ3n) is 1.46. The van der Waals surface area contributed by atoms with E-state index >= 15 is 0 Å². The van der Waals surface area contributed by atoms with E-state index in [1.54, 1.807) is 0 Å². The Hall–Kier alpha value is -0.220. The fourth-order valence-corrected chi connectivity index (χ4v) is 1.76. The topological polar surface area (TPSA) is 13.1 Å². The van der Waals surface area contributed by atoms with Crippen LogP contribution in [0.1, 0.15) is 0 Å². The molecule has 0 aliphatic carbocycles. The first-order valence-electron chi connectivity index (χ1n) is 3.12. The first kappa shape index (κ1) is 7.43. The highest BCUT2D eigenvalue weighted by molar-refractivity contribution is 14.1. The number of rotatable bonds is 0. The van der Waals surface area contributed by atoms with E-state index in [4.69, 9.17) is 16.0 Å². The minimum absolute atomic E-state index is 0.856. The largest absolute Gasteiger partial charge is 0.450 e. The van der Waals surface area contributed by atoms with Crippen LogP contribution in [0.15, 0.2) is 28.7 Å². The van der Waals surface area contributed by atoms with Gasteiger partial charge < -0.3 is 4.42 Å². The van der Waals surface area contributed by atoms with Crippen molar-refractivity contribution in [2.45, 2.75) is 0 Å². The van der Waals surface area contributed by atoms with Gasteiger partial charge in [0.2, 0.25) is 5.02 Å². The van der Waals surface area contributed by atoms with Crippen LogP contribution in [-0.4, -0.2) is 0 Å². The Morgan fingerprint density at radius 2 is 2.09 bits per heavy atom. The van der Waals surface area contributed by atoms with E-state index in [1.807, 2.05) is 24.3 Å². The summed E-state index contributed by atoms with van der Waals surface area (Å²) >= 11 is 7.15. The van der Waals surface area contributed by atoms with Gasteiger partial charge in [-0.25, -0.2) is 0 Å². The summed E-state index contributed by atoms with van der Waals surface area (Å²) in [6.07, 6.45) is 0. The van der Waals surface area contributed by atoms with Crippen molar-refractivity contribution in [2.75, 3.05) is 0 Å². The van der Waals surface area contributed by atoms with Crippen LogP contribution in [0.25, 0.3) is 11.0 Å². The molecule has 2 rings (SSSR count). The number of benzene rings is 1. The zero-order chi connectivity index (χ0) is 7.84. The average molecular weight is 279 g/mol. The Labute approximate surface area is 82.5 Å². The molecule has 0 spiro atoms. The Balaban J connectivity index is 2.82. The first-order chi connectivity index (χ1) is 5.25. The fraction of sp³-hybridized carbons (Fsp3) is 0. The minimum Gasteiger partial charge on any atom is -0.450 e. The molecule has 0 N–H and O–H groups in total. The van der Waals surface area contributed by atoms with Crippen molar-refractivity contribution in [3.63, 3.8) is 0 Å². The summed E-state index contributed by atoms with van der Waals surface area (Å²) in [5.41, 5.74) is 0.906. The predicted molar refractivity (Wildman–Crippen MR) is 49.5 cm³/mol. The van der Waals surface area contributed by atoms with Crippen LogP contribution in [0, 0.1) is 15.4 Å². The number of hydrogen-bond acceptors (Lipinski definition) is 1. The molecule has 0 bridgehead atoms. The monoisotopic (exact) mass is 279 g/mol. The van der Waals surface area contributed by atoms with Crippen LogP contribution in [0.3, 0.4) is 0 Å². The molecular formula is C8H5ClIO+. The number of halogens is 2. The summed E-state index contributed by atoms with van der Waals surface area (Å²) in [7, 11) is 0. The van der Waals surface area contributed by atoms with Gasteiger partial charge in [0.05, 0.1) is 0 Å². The van der Waals surface area contributed by atoms with Gasteiger partial charge in [-0.15, -0.1) is 0 Å². The number of furan rings is 1. The third kappa shape index (κ3) is 1.37. The predicted octanol–water partition coefficient (Wildman–Crippen LogP) is 2.73. The fourth-order valence-electron chi connectivity index (χ4n) is 0.989. The molecule has 0 amide bonds. The smallest absolute Gasteiger partial charge is 0.226 e. The quantitative estimate of drug-likeness (QED) is 0.676. The third-order valence-corrected chi connectivity index (χ3v) is 2.24. The molecule has 3 heteroatoms. The normalized spacial score (nSPS) is 10.7. The molecule has 0 saturated heterocycles. The maximum Gasteiger partial charge on any atom is 0.226 e. The van der Waals surface area contributed by atoms with Gasteiger partial charge >= 0.3 is 0 Å².